The molecule has 0 aliphatic carbocycles. The molecule has 1 heteroatoms. The van der Waals surface area contributed by atoms with Crippen molar-refractivity contribution in [3.8, 4) is 0 Å². The van der Waals surface area contributed by atoms with Gasteiger partial charge in [0.15, 0.2) is 0 Å². The summed E-state index contributed by atoms with van der Waals surface area (Å²) >= 11 is 0. The van der Waals surface area contributed by atoms with Crippen molar-refractivity contribution in [2.75, 3.05) is 0 Å². The summed E-state index contributed by atoms with van der Waals surface area (Å²) in [7, 11) is 0. The van der Waals surface area contributed by atoms with Crippen LogP contribution in [0, 0.1) is 6.58 Å². The topological polar surface area (TPSA) is 0 Å². The third-order valence-corrected chi connectivity index (χ3v) is 0. The van der Waals surface area contributed by atoms with E-state index in [0.717, 1.165) is 0 Å². The zero-order valence-corrected chi connectivity index (χ0v) is 5.25. The van der Waals surface area contributed by atoms with E-state index in [4.69, 9.17) is 6.58 Å². The van der Waals surface area contributed by atoms with E-state index in [1.807, 2.05) is 0 Å². The van der Waals surface area contributed by atoms with Gasteiger partial charge in [0.2, 0.25) is 0 Å². The van der Waals surface area contributed by atoms with E-state index in [1.165, 1.54) is 6.08 Å². The van der Waals surface area contributed by atoms with Crippen molar-refractivity contribution in [3.63, 3.8) is 0 Å². The Balaban J connectivity index is 0. The van der Waals surface area contributed by atoms with Crippen molar-refractivity contribution in [2.45, 2.75) is 6.92 Å². The van der Waals surface area contributed by atoms with Crippen molar-refractivity contribution in [3.05, 3.63) is 12.7 Å². The van der Waals surface area contributed by atoms with E-state index in [0.29, 0.717) is 0 Å². The molecule has 0 aromatic rings. The fourth-order valence-electron chi connectivity index (χ4n) is 0. The van der Waals surface area contributed by atoms with Gasteiger partial charge in [0.1, 0.15) is 0 Å². The molecule has 0 aromatic heterocycles. The average molecular weight is 227 g/mol. The normalized spacial score (nSPS) is 3.25. The van der Waals surface area contributed by atoms with E-state index in [1.54, 1.807) is 6.92 Å². The van der Waals surface area contributed by atoms with Gasteiger partial charge in [0.05, 0.1) is 0 Å². The number of hydrogen-bond donors (Lipinski definition) is 0. The maximum Gasteiger partial charge on any atom is 0 e. The molecule has 0 unspecified atom stereocenters. The molecular weight excluding hydrogens is 222 g/mol. The van der Waals surface area contributed by atoms with Crippen LogP contribution in [0.2, 0.25) is 0 Å². The van der Waals surface area contributed by atoms with Crippen LogP contribution in [0.4, 0.5) is 0 Å². The summed E-state index contributed by atoms with van der Waals surface area (Å²) in [6.07, 6.45) is 1.50. The van der Waals surface area contributed by atoms with Gasteiger partial charge in [-0.1, -0.05) is 6.92 Å². The first-order chi connectivity index (χ1) is 1.41. The Morgan fingerprint density at radius 3 is 1.75 bits per heavy atom. The molecule has 0 heterocycles. The Labute approximate surface area is 40.6 Å². The first-order valence-corrected chi connectivity index (χ1v) is 0.911. The fraction of sp³-hybridized carbons (Fsp3) is 0.333. The Hall–Kier alpha value is 0.402. The van der Waals surface area contributed by atoms with Crippen LogP contribution in [-0.2, 0) is 20.4 Å². The Kier molecular flexibility index (Phi) is 22.0. The second kappa shape index (κ2) is 9.98. The summed E-state index contributed by atoms with van der Waals surface area (Å²) in [4.78, 5) is 0. The van der Waals surface area contributed by atoms with Crippen LogP contribution in [0.1, 0.15) is 6.92 Å². The van der Waals surface area contributed by atoms with Crippen molar-refractivity contribution < 1.29 is 20.4 Å². The van der Waals surface area contributed by atoms with Gasteiger partial charge in [0.25, 0.3) is 0 Å². The van der Waals surface area contributed by atoms with E-state index >= 15 is 0 Å². The second-order valence-electron chi connectivity index (χ2n) is 0.333. The molecule has 4 heavy (non-hydrogen) atoms. The molecule has 0 rings (SSSR count). The number of rotatable bonds is 0. The Morgan fingerprint density at radius 1 is 1.75 bits per heavy atom. The molecule has 25 valence electrons. The number of hydrogen-bond acceptors (Lipinski definition) is 0. The molecule has 0 fully saturated rings. The molecule has 0 aliphatic heterocycles. The van der Waals surface area contributed by atoms with Gasteiger partial charge in [-0.3, -0.25) is 6.08 Å². The van der Waals surface area contributed by atoms with Gasteiger partial charge < -0.3 is 6.58 Å². The zero-order chi connectivity index (χ0) is 2.71. The van der Waals surface area contributed by atoms with Gasteiger partial charge in [0, 0.05) is 20.4 Å². The van der Waals surface area contributed by atoms with E-state index < -0.39 is 0 Å². The minimum Gasteiger partial charge on any atom is -0.518 e. The molecule has 0 aromatic carbocycles. The summed E-state index contributed by atoms with van der Waals surface area (Å²) in [5.41, 5.74) is 0. The smallest absolute Gasteiger partial charge is 0 e. The Morgan fingerprint density at radius 2 is 1.75 bits per heavy atom. The van der Waals surface area contributed by atoms with Crippen LogP contribution in [0.15, 0.2) is 6.08 Å². The maximum absolute atomic E-state index is 4.72. The molecule has 0 atom stereocenters. The SMILES string of the molecule is [CH-]=CC.[Re]. The predicted octanol–water partition coefficient (Wildman–Crippen LogP) is 0.993. The van der Waals surface area contributed by atoms with Crippen LogP contribution in [0.5, 0.6) is 0 Å². The van der Waals surface area contributed by atoms with E-state index in [-0.39, 0.29) is 20.4 Å². The minimum atomic E-state index is 0. The predicted molar refractivity (Wildman–Crippen MR) is 14.5 cm³/mol. The van der Waals surface area contributed by atoms with E-state index in [9.17, 15) is 0 Å². The van der Waals surface area contributed by atoms with Crippen LogP contribution >= 0.6 is 0 Å². The fourth-order valence-corrected chi connectivity index (χ4v) is 0. The first-order valence-electron chi connectivity index (χ1n) is 0.911. The third kappa shape index (κ3) is 29.2. The molecule has 0 saturated heterocycles. The van der Waals surface area contributed by atoms with E-state index in [2.05, 4.69) is 0 Å². The van der Waals surface area contributed by atoms with Gasteiger partial charge in [-0.05, 0) is 0 Å². The van der Waals surface area contributed by atoms with Gasteiger partial charge in [-0.15, -0.1) is 0 Å². The first kappa shape index (κ1) is 8.83. The van der Waals surface area contributed by atoms with Crippen LogP contribution in [0.25, 0.3) is 0 Å². The molecule has 0 spiro atoms. The molecule has 0 saturated carbocycles. The summed E-state index contributed by atoms with van der Waals surface area (Å²) in [6, 6.07) is 0. The molecule has 0 N–H and O–H groups in total. The van der Waals surface area contributed by atoms with Crippen LogP contribution < -0.4 is 0 Å². The van der Waals surface area contributed by atoms with Gasteiger partial charge in [-0.25, -0.2) is 0 Å². The number of allylic oxidation sites excluding steroid dienone is 1. The average Bonchev–Trinajstić information content (AvgIpc) is 0.918. The monoisotopic (exact) mass is 228 g/mol. The summed E-state index contributed by atoms with van der Waals surface area (Å²) in [5.74, 6) is 0. The largest absolute Gasteiger partial charge is 0.518 e. The van der Waals surface area contributed by atoms with Gasteiger partial charge >= 0.3 is 0 Å². The third-order valence-electron chi connectivity index (χ3n) is 0. The Bertz CT molecular complexity index is 10.8. The van der Waals surface area contributed by atoms with Crippen LogP contribution in [-0.4, -0.2) is 0 Å². The summed E-state index contributed by atoms with van der Waals surface area (Å²) in [5, 5.41) is 0. The molecule has 0 nitrogen and oxygen atoms in total. The van der Waals surface area contributed by atoms with Crippen molar-refractivity contribution in [1.29, 1.82) is 0 Å². The van der Waals surface area contributed by atoms with Crippen molar-refractivity contribution in [2.24, 2.45) is 0 Å². The quantitative estimate of drug-likeness (QED) is 0.541. The van der Waals surface area contributed by atoms with Crippen molar-refractivity contribution >= 4 is 0 Å². The maximum atomic E-state index is 4.72. The molecule has 0 aliphatic rings. The molecule has 1 radical (unpaired) electrons. The zero-order valence-electron chi connectivity index (χ0n) is 2.53. The summed E-state index contributed by atoms with van der Waals surface area (Å²) < 4.78 is 0. The molecule has 0 bridgehead atoms. The molecular formula is C3H5Re-. The van der Waals surface area contributed by atoms with Crippen LogP contribution in [0.3, 0.4) is 0 Å². The second-order valence-corrected chi connectivity index (χ2v) is 0.333. The van der Waals surface area contributed by atoms with Gasteiger partial charge in [-0.2, -0.15) is 0 Å². The van der Waals surface area contributed by atoms with Crippen molar-refractivity contribution in [1.82, 2.24) is 0 Å². The summed E-state index contributed by atoms with van der Waals surface area (Å²) in [6.45, 7) is 6.50. The minimum absolute atomic E-state index is 0. The standard InChI is InChI=1S/C3H5.Re/c1-3-2;/h1,3H,2H3;/q-1;. The molecule has 0 amide bonds.